The number of hydrogen-bond donors (Lipinski definition) is 1. The second-order valence-electron chi connectivity index (χ2n) is 7.67. The Labute approximate surface area is 188 Å². The molecular formula is C24H31BrN4O. The number of hydrogen-bond acceptors (Lipinski definition) is 4. The minimum atomic E-state index is 0.0225. The van der Waals surface area contributed by atoms with Crippen molar-refractivity contribution in [1.29, 1.82) is 0 Å². The fourth-order valence-electron chi connectivity index (χ4n) is 3.82. The lowest BCUT2D eigenvalue weighted by atomic mass is 9.96. The quantitative estimate of drug-likeness (QED) is 0.450. The van der Waals surface area contributed by atoms with Gasteiger partial charge in [-0.25, -0.2) is 5.43 Å². The Morgan fingerprint density at radius 2 is 1.73 bits per heavy atom. The Kier molecular flexibility index (Phi) is 8.46. The van der Waals surface area contributed by atoms with Crippen molar-refractivity contribution in [3.8, 4) is 0 Å². The van der Waals surface area contributed by atoms with E-state index in [4.69, 9.17) is 0 Å². The van der Waals surface area contributed by atoms with Gasteiger partial charge >= 0.3 is 0 Å². The SMILES string of the molecule is CCN(CC)c1ccc(/C=N/NC(=O)C2CCN(Cc3ccc(Br)cc3)CC2)cc1. The van der Waals surface area contributed by atoms with E-state index in [9.17, 15) is 4.79 Å². The molecule has 1 heterocycles. The highest BCUT2D eigenvalue weighted by atomic mass is 79.9. The predicted molar refractivity (Wildman–Crippen MR) is 128 cm³/mol. The number of halogens is 1. The largest absolute Gasteiger partial charge is 0.372 e. The number of carbonyl (C=O) groups excluding carboxylic acids is 1. The van der Waals surface area contributed by atoms with Crippen LogP contribution in [0.2, 0.25) is 0 Å². The molecule has 5 nitrogen and oxygen atoms in total. The van der Waals surface area contributed by atoms with Crippen molar-refractivity contribution >= 4 is 33.7 Å². The third-order valence-corrected chi connectivity index (χ3v) is 6.22. The summed E-state index contributed by atoms with van der Waals surface area (Å²) in [5, 5.41) is 4.17. The highest BCUT2D eigenvalue weighted by Gasteiger charge is 2.24. The van der Waals surface area contributed by atoms with Gasteiger partial charge in [-0.3, -0.25) is 9.69 Å². The zero-order chi connectivity index (χ0) is 21.3. The van der Waals surface area contributed by atoms with Crippen LogP contribution < -0.4 is 10.3 Å². The van der Waals surface area contributed by atoms with Crippen LogP contribution in [0.1, 0.15) is 37.8 Å². The van der Waals surface area contributed by atoms with Crippen molar-refractivity contribution in [1.82, 2.24) is 10.3 Å². The number of hydrazone groups is 1. The van der Waals surface area contributed by atoms with Gasteiger partial charge in [0.2, 0.25) is 5.91 Å². The summed E-state index contributed by atoms with van der Waals surface area (Å²) in [5.41, 5.74) is 6.22. The molecule has 1 aliphatic heterocycles. The number of anilines is 1. The van der Waals surface area contributed by atoms with Crippen LogP contribution in [-0.2, 0) is 11.3 Å². The highest BCUT2D eigenvalue weighted by Crippen LogP contribution is 2.20. The zero-order valence-corrected chi connectivity index (χ0v) is 19.4. The maximum atomic E-state index is 12.5. The summed E-state index contributed by atoms with van der Waals surface area (Å²) < 4.78 is 1.10. The van der Waals surface area contributed by atoms with Crippen LogP contribution in [0.3, 0.4) is 0 Å². The van der Waals surface area contributed by atoms with Gasteiger partial charge in [0.1, 0.15) is 0 Å². The second-order valence-corrected chi connectivity index (χ2v) is 8.59. The van der Waals surface area contributed by atoms with Gasteiger partial charge in [-0.05, 0) is 75.2 Å². The van der Waals surface area contributed by atoms with Crippen molar-refractivity contribution < 1.29 is 4.79 Å². The van der Waals surface area contributed by atoms with Crippen LogP contribution in [0, 0.1) is 5.92 Å². The molecule has 1 N–H and O–H groups in total. The van der Waals surface area contributed by atoms with Crippen molar-refractivity contribution in [3.63, 3.8) is 0 Å². The molecule has 0 saturated carbocycles. The fourth-order valence-corrected chi connectivity index (χ4v) is 4.09. The smallest absolute Gasteiger partial charge is 0.243 e. The molecule has 0 bridgehead atoms. The highest BCUT2D eigenvalue weighted by molar-refractivity contribution is 9.10. The minimum Gasteiger partial charge on any atom is -0.372 e. The maximum absolute atomic E-state index is 12.5. The van der Waals surface area contributed by atoms with Gasteiger partial charge < -0.3 is 4.90 Å². The van der Waals surface area contributed by atoms with E-state index < -0.39 is 0 Å². The Bertz CT molecular complexity index is 823. The molecule has 2 aromatic rings. The Morgan fingerprint density at radius 1 is 1.10 bits per heavy atom. The van der Waals surface area contributed by atoms with Crippen molar-refractivity contribution in [2.75, 3.05) is 31.1 Å². The van der Waals surface area contributed by atoms with Gasteiger partial charge in [0.15, 0.2) is 0 Å². The molecule has 1 aliphatic rings. The van der Waals surface area contributed by atoms with E-state index in [1.165, 1.54) is 11.3 Å². The van der Waals surface area contributed by atoms with Crippen molar-refractivity contribution in [3.05, 3.63) is 64.1 Å². The average molecular weight is 471 g/mol. The standard InChI is InChI=1S/C24H31BrN4O/c1-3-29(4-2)23-11-7-19(8-12-23)17-26-27-24(30)21-13-15-28(16-14-21)18-20-5-9-22(25)10-6-20/h5-12,17,21H,3-4,13-16,18H2,1-2H3,(H,27,30)/b26-17+. The predicted octanol–water partition coefficient (Wildman–Crippen LogP) is 4.66. The van der Waals surface area contributed by atoms with E-state index in [0.29, 0.717) is 0 Å². The molecule has 3 rings (SSSR count). The van der Waals surface area contributed by atoms with Gasteiger partial charge in [0, 0.05) is 35.7 Å². The molecule has 0 spiro atoms. The first kappa shape index (κ1) is 22.5. The molecule has 160 valence electrons. The van der Waals surface area contributed by atoms with E-state index >= 15 is 0 Å². The number of nitrogens with zero attached hydrogens (tertiary/aromatic N) is 3. The molecule has 30 heavy (non-hydrogen) atoms. The lowest BCUT2D eigenvalue weighted by Gasteiger charge is -2.30. The van der Waals surface area contributed by atoms with E-state index in [2.05, 4.69) is 86.5 Å². The normalized spacial score (nSPS) is 15.4. The van der Waals surface area contributed by atoms with E-state index in [-0.39, 0.29) is 11.8 Å². The van der Waals surface area contributed by atoms with Crippen LogP contribution in [0.25, 0.3) is 0 Å². The molecule has 6 heteroatoms. The number of likely N-dealkylation sites (tertiary alicyclic amines) is 1. The Hall–Kier alpha value is -2.18. The fraction of sp³-hybridized carbons (Fsp3) is 0.417. The number of amides is 1. The molecule has 1 fully saturated rings. The third kappa shape index (κ3) is 6.41. The minimum absolute atomic E-state index is 0.0225. The molecule has 0 radical (unpaired) electrons. The summed E-state index contributed by atoms with van der Waals surface area (Å²) in [6.45, 7) is 9.09. The lowest BCUT2D eigenvalue weighted by molar-refractivity contribution is -0.126. The second kappa shape index (κ2) is 11.3. The zero-order valence-electron chi connectivity index (χ0n) is 17.9. The maximum Gasteiger partial charge on any atom is 0.243 e. The summed E-state index contributed by atoms with van der Waals surface area (Å²) in [6, 6.07) is 16.7. The van der Waals surface area contributed by atoms with Crippen LogP contribution in [0.4, 0.5) is 5.69 Å². The van der Waals surface area contributed by atoms with Crippen LogP contribution in [-0.4, -0.2) is 43.2 Å². The number of piperidine rings is 1. The summed E-state index contributed by atoms with van der Waals surface area (Å²) in [4.78, 5) is 17.2. The molecule has 0 aliphatic carbocycles. The number of carbonyl (C=O) groups is 1. The molecule has 0 aromatic heterocycles. The monoisotopic (exact) mass is 470 g/mol. The molecule has 0 atom stereocenters. The summed E-state index contributed by atoms with van der Waals surface area (Å²) in [6.07, 6.45) is 3.46. The first-order valence-corrected chi connectivity index (χ1v) is 11.5. The molecule has 1 amide bonds. The van der Waals surface area contributed by atoms with Gasteiger partial charge in [-0.1, -0.05) is 40.2 Å². The summed E-state index contributed by atoms with van der Waals surface area (Å²) in [5.74, 6) is 0.0580. The number of rotatable bonds is 8. The van der Waals surface area contributed by atoms with Crippen LogP contribution in [0.5, 0.6) is 0 Å². The van der Waals surface area contributed by atoms with E-state index in [1.807, 2.05) is 12.1 Å². The molecular weight excluding hydrogens is 440 g/mol. The van der Waals surface area contributed by atoms with Crippen LogP contribution >= 0.6 is 15.9 Å². The van der Waals surface area contributed by atoms with E-state index in [1.54, 1.807) is 6.21 Å². The van der Waals surface area contributed by atoms with Crippen LogP contribution in [0.15, 0.2) is 58.1 Å². The summed E-state index contributed by atoms with van der Waals surface area (Å²) in [7, 11) is 0. The molecule has 0 unspecified atom stereocenters. The number of nitrogens with one attached hydrogen (secondary N) is 1. The molecule has 2 aromatic carbocycles. The van der Waals surface area contributed by atoms with Crippen molar-refractivity contribution in [2.24, 2.45) is 11.0 Å². The van der Waals surface area contributed by atoms with E-state index in [0.717, 1.165) is 55.6 Å². The first-order valence-electron chi connectivity index (χ1n) is 10.7. The van der Waals surface area contributed by atoms with Gasteiger partial charge in [-0.15, -0.1) is 0 Å². The lowest BCUT2D eigenvalue weighted by Crippen LogP contribution is -2.39. The topological polar surface area (TPSA) is 47.9 Å². The number of benzene rings is 2. The third-order valence-electron chi connectivity index (χ3n) is 5.69. The summed E-state index contributed by atoms with van der Waals surface area (Å²) >= 11 is 3.47. The first-order chi connectivity index (χ1) is 14.6. The van der Waals surface area contributed by atoms with Gasteiger partial charge in [-0.2, -0.15) is 5.10 Å². The molecule has 1 saturated heterocycles. The average Bonchev–Trinajstić information content (AvgIpc) is 2.78. The Balaban J connectivity index is 1.42. The van der Waals surface area contributed by atoms with Crippen molar-refractivity contribution in [2.45, 2.75) is 33.2 Å². The Morgan fingerprint density at radius 3 is 2.33 bits per heavy atom. The van der Waals surface area contributed by atoms with Gasteiger partial charge in [0.25, 0.3) is 0 Å². The van der Waals surface area contributed by atoms with Gasteiger partial charge in [0.05, 0.1) is 6.21 Å².